The fraction of sp³-hybridized carbons (Fsp3) is 0.0526. The number of nitrogens with zero attached hydrogens (tertiary/aromatic N) is 1. The van der Waals surface area contributed by atoms with Crippen molar-refractivity contribution < 1.29 is 9.90 Å². The van der Waals surface area contributed by atoms with Crippen molar-refractivity contribution in [3.05, 3.63) is 75.8 Å². The second kappa shape index (κ2) is 6.84. The van der Waals surface area contributed by atoms with E-state index in [4.69, 9.17) is 0 Å². The van der Waals surface area contributed by atoms with Crippen molar-refractivity contribution in [2.24, 2.45) is 5.10 Å². The molecule has 0 aromatic heterocycles. The first kappa shape index (κ1) is 16.2. The monoisotopic (exact) mass is 382 g/mol. The van der Waals surface area contributed by atoms with Gasteiger partial charge in [0.05, 0.1) is 16.3 Å². The number of benzene rings is 3. The van der Waals surface area contributed by atoms with Crippen molar-refractivity contribution in [1.82, 2.24) is 5.43 Å². The Morgan fingerprint density at radius 1 is 1.17 bits per heavy atom. The number of phenolic OH excluding ortho intramolecular Hbond substituents is 1. The van der Waals surface area contributed by atoms with Gasteiger partial charge in [0.25, 0.3) is 5.91 Å². The van der Waals surface area contributed by atoms with Crippen molar-refractivity contribution in [3.8, 4) is 5.75 Å². The molecule has 0 unspecified atom stereocenters. The van der Waals surface area contributed by atoms with E-state index in [2.05, 4.69) is 26.5 Å². The molecule has 4 nitrogen and oxygen atoms in total. The number of phenols is 1. The molecular weight excluding hydrogens is 368 g/mol. The minimum Gasteiger partial charge on any atom is -0.507 e. The van der Waals surface area contributed by atoms with Crippen LogP contribution in [0.15, 0.2) is 64.2 Å². The number of aryl methyl sites for hydroxylation is 1. The Balaban J connectivity index is 1.84. The molecule has 0 radical (unpaired) electrons. The van der Waals surface area contributed by atoms with Gasteiger partial charge in [0.15, 0.2) is 0 Å². The average molecular weight is 383 g/mol. The summed E-state index contributed by atoms with van der Waals surface area (Å²) in [6.45, 7) is 1.90. The number of rotatable bonds is 3. The quantitative estimate of drug-likeness (QED) is 0.521. The predicted molar refractivity (Wildman–Crippen MR) is 99.6 cm³/mol. The molecule has 0 aliphatic heterocycles. The molecule has 0 bridgehead atoms. The summed E-state index contributed by atoms with van der Waals surface area (Å²) in [5.41, 5.74) is 4.85. The predicted octanol–water partition coefficient (Wildman–Crippen LogP) is 4.38. The van der Waals surface area contributed by atoms with Crippen LogP contribution in [0.25, 0.3) is 10.8 Å². The number of nitrogens with one attached hydrogen (secondary N) is 1. The first-order chi connectivity index (χ1) is 11.6. The van der Waals surface area contributed by atoms with E-state index in [0.29, 0.717) is 10.0 Å². The molecule has 120 valence electrons. The van der Waals surface area contributed by atoms with Gasteiger partial charge in [-0.2, -0.15) is 5.10 Å². The normalized spacial score (nSPS) is 11.1. The summed E-state index contributed by atoms with van der Waals surface area (Å²) in [4.78, 5) is 12.5. The summed E-state index contributed by atoms with van der Waals surface area (Å²) in [7, 11) is 0. The third-order valence-corrected chi connectivity index (χ3v) is 4.35. The number of hydrogen-bond acceptors (Lipinski definition) is 3. The van der Waals surface area contributed by atoms with Gasteiger partial charge in [-0.25, -0.2) is 5.43 Å². The number of halogens is 1. The first-order valence-electron chi connectivity index (χ1n) is 7.36. The second-order valence-electron chi connectivity index (χ2n) is 5.39. The third kappa shape index (κ3) is 3.31. The number of aromatic hydroxyl groups is 1. The molecule has 24 heavy (non-hydrogen) atoms. The van der Waals surface area contributed by atoms with Crippen LogP contribution in [-0.2, 0) is 0 Å². The fourth-order valence-corrected chi connectivity index (χ4v) is 2.90. The standard InChI is InChI=1S/C19H15BrN2O2/c1-12-6-8-14-4-2-3-5-15(14)18(12)19(24)22-21-11-13-7-9-17(23)16(20)10-13/h2-11,23H,1H3,(H,22,24)/b21-11-. The Hall–Kier alpha value is -2.66. The van der Waals surface area contributed by atoms with E-state index in [0.717, 1.165) is 21.9 Å². The Bertz CT molecular complexity index is 951. The molecule has 3 rings (SSSR count). The lowest BCUT2D eigenvalue weighted by Crippen LogP contribution is -2.19. The molecule has 0 aliphatic carbocycles. The number of fused-ring (bicyclic) bond motifs is 1. The molecule has 2 N–H and O–H groups in total. The van der Waals surface area contributed by atoms with E-state index < -0.39 is 0 Å². The lowest BCUT2D eigenvalue weighted by atomic mass is 9.99. The van der Waals surface area contributed by atoms with Gasteiger partial charge in [-0.05, 0) is 63.0 Å². The largest absolute Gasteiger partial charge is 0.507 e. The number of carbonyl (C=O) groups is 1. The highest BCUT2D eigenvalue weighted by atomic mass is 79.9. The average Bonchev–Trinajstić information content (AvgIpc) is 2.58. The van der Waals surface area contributed by atoms with Crippen LogP contribution in [0.3, 0.4) is 0 Å². The molecule has 3 aromatic carbocycles. The molecule has 0 heterocycles. The Kier molecular flexibility index (Phi) is 4.62. The van der Waals surface area contributed by atoms with Crippen molar-refractivity contribution >= 4 is 38.8 Å². The smallest absolute Gasteiger partial charge is 0.272 e. The van der Waals surface area contributed by atoms with Crippen molar-refractivity contribution in [3.63, 3.8) is 0 Å². The van der Waals surface area contributed by atoms with Gasteiger partial charge < -0.3 is 5.11 Å². The second-order valence-corrected chi connectivity index (χ2v) is 6.24. The third-order valence-electron chi connectivity index (χ3n) is 3.72. The zero-order valence-corrected chi connectivity index (χ0v) is 14.5. The summed E-state index contributed by atoms with van der Waals surface area (Å²) < 4.78 is 0.572. The Morgan fingerprint density at radius 2 is 1.96 bits per heavy atom. The van der Waals surface area contributed by atoms with Crippen LogP contribution in [0, 0.1) is 6.92 Å². The van der Waals surface area contributed by atoms with E-state index in [1.165, 1.54) is 6.21 Å². The summed E-state index contributed by atoms with van der Waals surface area (Å²) in [6, 6.07) is 16.7. The SMILES string of the molecule is Cc1ccc2ccccc2c1C(=O)N/N=C\c1ccc(O)c(Br)c1. The van der Waals surface area contributed by atoms with Crippen LogP contribution in [0.5, 0.6) is 5.75 Å². The van der Waals surface area contributed by atoms with Crippen LogP contribution in [0.4, 0.5) is 0 Å². The summed E-state index contributed by atoms with van der Waals surface area (Å²) >= 11 is 3.24. The van der Waals surface area contributed by atoms with Gasteiger partial charge in [0.1, 0.15) is 5.75 Å². The summed E-state index contributed by atoms with van der Waals surface area (Å²) in [6.07, 6.45) is 1.53. The summed E-state index contributed by atoms with van der Waals surface area (Å²) in [5.74, 6) is -0.0963. The van der Waals surface area contributed by atoms with Gasteiger partial charge in [-0.3, -0.25) is 4.79 Å². The van der Waals surface area contributed by atoms with E-state index in [1.54, 1.807) is 18.2 Å². The Labute approximate surface area is 148 Å². The van der Waals surface area contributed by atoms with Crippen molar-refractivity contribution in [2.75, 3.05) is 0 Å². The molecule has 0 fully saturated rings. The van der Waals surface area contributed by atoms with Gasteiger partial charge in [-0.1, -0.05) is 36.4 Å². The zero-order valence-electron chi connectivity index (χ0n) is 13.0. The maximum absolute atomic E-state index is 12.5. The number of hydrogen-bond donors (Lipinski definition) is 2. The number of amides is 1. The van der Waals surface area contributed by atoms with Gasteiger partial charge >= 0.3 is 0 Å². The highest BCUT2D eigenvalue weighted by molar-refractivity contribution is 9.10. The van der Waals surface area contributed by atoms with Crippen LogP contribution in [-0.4, -0.2) is 17.2 Å². The minimum atomic E-state index is -0.251. The molecule has 3 aromatic rings. The van der Waals surface area contributed by atoms with Crippen LogP contribution in [0.1, 0.15) is 21.5 Å². The molecular formula is C19H15BrN2O2. The van der Waals surface area contributed by atoms with Crippen molar-refractivity contribution in [2.45, 2.75) is 6.92 Å². The van der Waals surface area contributed by atoms with Crippen LogP contribution < -0.4 is 5.43 Å². The van der Waals surface area contributed by atoms with E-state index in [1.807, 2.05) is 43.3 Å². The molecule has 5 heteroatoms. The minimum absolute atomic E-state index is 0.155. The maximum atomic E-state index is 12.5. The van der Waals surface area contributed by atoms with E-state index >= 15 is 0 Å². The maximum Gasteiger partial charge on any atom is 0.272 e. The van der Waals surface area contributed by atoms with Gasteiger partial charge in [0.2, 0.25) is 0 Å². The van der Waals surface area contributed by atoms with E-state index in [9.17, 15) is 9.90 Å². The highest BCUT2D eigenvalue weighted by Gasteiger charge is 2.12. The molecule has 0 aliphatic rings. The van der Waals surface area contributed by atoms with Crippen LogP contribution in [0.2, 0.25) is 0 Å². The topological polar surface area (TPSA) is 61.7 Å². The highest BCUT2D eigenvalue weighted by Crippen LogP contribution is 2.24. The lowest BCUT2D eigenvalue weighted by molar-refractivity contribution is 0.0956. The lowest BCUT2D eigenvalue weighted by Gasteiger charge is -2.08. The number of hydrazone groups is 1. The number of carbonyl (C=O) groups excluding carboxylic acids is 1. The molecule has 0 saturated carbocycles. The van der Waals surface area contributed by atoms with E-state index in [-0.39, 0.29) is 11.7 Å². The fourth-order valence-electron chi connectivity index (χ4n) is 2.51. The molecule has 0 spiro atoms. The first-order valence-corrected chi connectivity index (χ1v) is 8.16. The molecule has 0 saturated heterocycles. The van der Waals surface area contributed by atoms with Gasteiger partial charge in [0, 0.05) is 0 Å². The summed E-state index contributed by atoms with van der Waals surface area (Å²) in [5, 5.41) is 15.4. The molecule has 0 atom stereocenters. The van der Waals surface area contributed by atoms with Gasteiger partial charge in [-0.15, -0.1) is 0 Å². The van der Waals surface area contributed by atoms with Crippen LogP contribution >= 0.6 is 15.9 Å². The van der Waals surface area contributed by atoms with Crippen molar-refractivity contribution in [1.29, 1.82) is 0 Å². The molecule has 1 amide bonds. The zero-order chi connectivity index (χ0) is 17.1. The Morgan fingerprint density at radius 3 is 2.75 bits per heavy atom.